The molecule has 1 aromatic heterocycles. The fraction of sp³-hybridized carbons (Fsp3) is 0.364. The van der Waals surface area contributed by atoms with Crippen molar-refractivity contribution in [1.82, 2.24) is 9.97 Å². The lowest BCUT2D eigenvalue weighted by atomic mass is 10.2. The smallest absolute Gasteiger partial charge is 0.319 e. The van der Waals surface area contributed by atoms with E-state index >= 15 is 0 Å². The number of hydrogen-bond donors (Lipinski definition) is 0. The average molecular weight is 394 g/mol. The van der Waals surface area contributed by atoms with Crippen molar-refractivity contribution in [3.8, 4) is 11.8 Å². The lowest BCUT2D eigenvalue weighted by Crippen LogP contribution is -2.47. The highest BCUT2D eigenvalue weighted by molar-refractivity contribution is 5.90. The number of hydrogen-bond acceptors (Lipinski definition) is 7. The summed E-state index contributed by atoms with van der Waals surface area (Å²) in [6.07, 6.45) is 0. The molecule has 0 spiro atoms. The Labute approximate surface area is 170 Å². The molecule has 3 aromatic rings. The zero-order valence-corrected chi connectivity index (χ0v) is 16.9. The van der Waals surface area contributed by atoms with E-state index in [9.17, 15) is 0 Å². The Hall–Kier alpha value is -3.06. The molecule has 2 aromatic carbocycles. The molecule has 2 heterocycles. The number of rotatable bonds is 7. The van der Waals surface area contributed by atoms with Crippen molar-refractivity contribution in [2.45, 2.75) is 0 Å². The first-order chi connectivity index (χ1) is 14.3. The van der Waals surface area contributed by atoms with Crippen LogP contribution < -0.4 is 19.3 Å². The van der Waals surface area contributed by atoms with Gasteiger partial charge in [-0.05, 0) is 24.3 Å². The van der Waals surface area contributed by atoms with Crippen LogP contribution >= 0.6 is 0 Å². The second kappa shape index (κ2) is 8.96. The standard InChI is InChI=1S/C22H26N4O3/c1-27-15-16-29-22-23-18-8-4-3-7-17(18)21(24-22)26-13-11-25(12-14-26)19-9-5-6-10-20(19)28-2/h3-10H,11-16H2,1-2H3. The Kier molecular flexibility index (Phi) is 5.95. The predicted octanol–water partition coefficient (Wildman–Crippen LogP) is 2.99. The number of fused-ring (bicyclic) bond motifs is 1. The van der Waals surface area contributed by atoms with Crippen molar-refractivity contribution < 1.29 is 14.2 Å². The van der Waals surface area contributed by atoms with E-state index in [0.717, 1.165) is 54.3 Å². The molecule has 0 aliphatic carbocycles. The number of para-hydroxylation sites is 3. The van der Waals surface area contributed by atoms with E-state index in [4.69, 9.17) is 19.2 Å². The largest absolute Gasteiger partial charge is 0.495 e. The molecule has 152 valence electrons. The van der Waals surface area contributed by atoms with Crippen molar-refractivity contribution in [2.24, 2.45) is 0 Å². The summed E-state index contributed by atoms with van der Waals surface area (Å²) in [5, 5.41) is 1.04. The molecule has 0 saturated carbocycles. The first kappa shape index (κ1) is 19.3. The van der Waals surface area contributed by atoms with Gasteiger partial charge in [-0.3, -0.25) is 0 Å². The number of nitrogens with zero attached hydrogens (tertiary/aromatic N) is 4. The summed E-state index contributed by atoms with van der Waals surface area (Å²) in [5.74, 6) is 1.82. The third-order valence-electron chi connectivity index (χ3n) is 5.09. The summed E-state index contributed by atoms with van der Waals surface area (Å²) >= 11 is 0. The molecular formula is C22H26N4O3. The molecule has 7 heteroatoms. The number of aromatic nitrogens is 2. The van der Waals surface area contributed by atoms with Gasteiger partial charge in [-0.15, -0.1) is 0 Å². The van der Waals surface area contributed by atoms with Gasteiger partial charge in [0.2, 0.25) is 0 Å². The minimum atomic E-state index is 0.392. The van der Waals surface area contributed by atoms with Gasteiger partial charge in [0.05, 0.1) is 24.9 Å². The van der Waals surface area contributed by atoms with Gasteiger partial charge in [0.25, 0.3) is 0 Å². The second-order valence-corrected chi connectivity index (χ2v) is 6.83. The summed E-state index contributed by atoms with van der Waals surface area (Å²) in [6, 6.07) is 16.6. The van der Waals surface area contributed by atoms with Crippen molar-refractivity contribution in [3.63, 3.8) is 0 Å². The second-order valence-electron chi connectivity index (χ2n) is 6.83. The van der Waals surface area contributed by atoms with Crippen molar-refractivity contribution in [2.75, 3.05) is 63.4 Å². The van der Waals surface area contributed by atoms with Crippen LogP contribution in [0.4, 0.5) is 11.5 Å². The third kappa shape index (κ3) is 4.19. The molecule has 0 N–H and O–H groups in total. The number of benzene rings is 2. The van der Waals surface area contributed by atoms with E-state index in [-0.39, 0.29) is 0 Å². The Bertz CT molecular complexity index is 958. The molecule has 1 aliphatic rings. The molecule has 0 bridgehead atoms. The first-order valence-corrected chi connectivity index (χ1v) is 9.81. The Morgan fingerprint density at radius 2 is 1.55 bits per heavy atom. The number of piperazine rings is 1. The van der Waals surface area contributed by atoms with Gasteiger partial charge in [-0.1, -0.05) is 24.3 Å². The maximum absolute atomic E-state index is 5.71. The summed E-state index contributed by atoms with van der Waals surface area (Å²) in [6.45, 7) is 4.42. The summed E-state index contributed by atoms with van der Waals surface area (Å²) in [7, 11) is 3.37. The van der Waals surface area contributed by atoms with Crippen LogP contribution in [0.3, 0.4) is 0 Å². The monoisotopic (exact) mass is 394 g/mol. The van der Waals surface area contributed by atoms with Gasteiger partial charge >= 0.3 is 6.01 Å². The van der Waals surface area contributed by atoms with E-state index in [1.54, 1.807) is 14.2 Å². The van der Waals surface area contributed by atoms with Crippen LogP contribution in [0.15, 0.2) is 48.5 Å². The molecule has 7 nitrogen and oxygen atoms in total. The fourth-order valence-electron chi connectivity index (χ4n) is 3.61. The van der Waals surface area contributed by atoms with E-state index in [1.165, 1.54) is 0 Å². The molecule has 0 unspecified atom stereocenters. The number of methoxy groups -OCH3 is 2. The maximum atomic E-state index is 5.71. The zero-order chi connectivity index (χ0) is 20.1. The summed E-state index contributed by atoms with van der Waals surface area (Å²) in [5.41, 5.74) is 2.02. The number of anilines is 2. The highest BCUT2D eigenvalue weighted by Crippen LogP contribution is 2.31. The van der Waals surface area contributed by atoms with E-state index in [0.29, 0.717) is 19.2 Å². The zero-order valence-electron chi connectivity index (χ0n) is 16.9. The Balaban J connectivity index is 1.55. The third-order valence-corrected chi connectivity index (χ3v) is 5.09. The van der Waals surface area contributed by atoms with Gasteiger partial charge in [0, 0.05) is 38.7 Å². The Morgan fingerprint density at radius 1 is 0.828 bits per heavy atom. The lowest BCUT2D eigenvalue weighted by Gasteiger charge is -2.37. The SMILES string of the molecule is COCCOc1nc(N2CCN(c3ccccc3OC)CC2)c2ccccc2n1. The summed E-state index contributed by atoms with van der Waals surface area (Å²) < 4.78 is 16.3. The molecule has 1 saturated heterocycles. The lowest BCUT2D eigenvalue weighted by molar-refractivity contribution is 0.141. The molecule has 1 fully saturated rings. The topological polar surface area (TPSA) is 60.0 Å². The Morgan fingerprint density at radius 3 is 2.34 bits per heavy atom. The van der Waals surface area contributed by atoms with Gasteiger partial charge in [0.1, 0.15) is 18.2 Å². The first-order valence-electron chi connectivity index (χ1n) is 9.81. The van der Waals surface area contributed by atoms with E-state index in [1.807, 2.05) is 36.4 Å². The van der Waals surface area contributed by atoms with Crippen LogP contribution in [-0.2, 0) is 4.74 Å². The highest BCUT2D eigenvalue weighted by Gasteiger charge is 2.22. The van der Waals surface area contributed by atoms with E-state index in [2.05, 4.69) is 26.9 Å². The molecule has 0 amide bonds. The molecule has 29 heavy (non-hydrogen) atoms. The normalized spacial score (nSPS) is 14.3. The van der Waals surface area contributed by atoms with Crippen molar-refractivity contribution in [1.29, 1.82) is 0 Å². The van der Waals surface area contributed by atoms with Crippen molar-refractivity contribution in [3.05, 3.63) is 48.5 Å². The number of ether oxygens (including phenoxy) is 3. The molecule has 4 rings (SSSR count). The fourth-order valence-corrected chi connectivity index (χ4v) is 3.61. The highest BCUT2D eigenvalue weighted by atomic mass is 16.5. The van der Waals surface area contributed by atoms with Gasteiger partial charge < -0.3 is 24.0 Å². The molecule has 1 aliphatic heterocycles. The molecule has 0 radical (unpaired) electrons. The van der Waals surface area contributed by atoms with Gasteiger partial charge in [-0.25, -0.2) is 0 Å². The quantitative estimate of drug-likeness (QED) is 0.571. The maximum Gasteiger partial charge on any atom is 0.319 e. The van der Waals surface area contributed by atoms with Crippen LogP contribution in [-0.4, -0.2) is 63.6 Å². The minimum absolute atomic E-state index is 0.392. The van der Waals surface area contributed by atoms with Crippen LogP contribution in [0, 0.1) is 0 Å². The van der Waals surface area contributed by atoms with Crippen LogP contribution in [0.1, 0.15) is 0 Å². The summed E-state index contributed by atoms with van der Waals surface area (Å²) in [4.78, 5) is 13.9. The predicted molar refractivity (Wildman–Crippen MR) is 114 cm³/mol. The van der Waals surface area contributed by atoms with Gasteiger partial charge in [0.15, 0.2) is 0 Å². The molecule has 0 atom stereocenters. The van der Waals surface area contributed by atoms with Crippen LogP contribution in [0.5, 0.6) is 11.8 Å². The van der Waals surface area contributed by atoms with Gasteiger partial charge in [-0.2, -0.15) is 9.97 Å². The minimum Gasteiger partial charge on any atom is -0.495 e. The van der Waals surface area contributed by atoms with E-state index < -0.39 is 0 Å². The van der Waals surface area contributed by atoms with Crippen molar-refractivity contribution >= 4 is 22.4 Å². The van der Waals surface area contributed by atoms with Crippen LogP contribution in [0.25, 0.3) is 10.9 Å². The molecular weight excluding hydrogens is 368 g/mol. The van der Waals surface area contributed by atoms with Crippen LogP contribution in [0.2, 0.25) is 0 Å². The average Bonchev–Trinajstić information content (AvgIpc) is 2.79.